The van der Waals surface area contributed by atoms with Crippen LogP contribution >= 0.6 is 0 Å². The Morgan fingerprint density at radius 3 is 2.76 bits per heavy atom. The Morgan fingerprint density at radius 2 is 2.10 bits per heavy atom. The van der Waals surface area contributed by atoms with Crippen LogP contribution in [0.3, 0.4) is 0 Å². The van der Waals surface area contributed by atoms with Crippen LogP contribution in [0.4, 0.5) is 5.69 Å². The molecule has 4 nitrogen and oxygen atoms in total. The molecule has 2 N–H and O–H groups in total. The molecular formula is C17H28N2O2. The van der Waals surface area contributed by atoms with E-state index in [0.717, 1.165) is 31.5 Å². The first-order valence-corrected chi connectivity index (χ1v) is 7.76. The molecule has 118 valence electrons. The fraction of sp³-hybridized carbons (Fsp3) is 0.588. The van der Waals surface area contributed by atoms with Crippen molar-refractivity contribution in [2.24, 2.45) is 0 Å². The molecule has 1 rings (SSSR count). The molecule has 1 aromatic rings. The van der Waals surface area contributed by atoms with Crippen LogP contribution in [0.5, 0.6) is 0 Å². The van der Waals surface area contributed by atoms with Crippen LogP contribution in [0.1, 0.15) is 51.1 Å². The molecule has 0 amide bonds. The number of unbranched alkanes of at least 4 members (excludes halogenated alkanes) is 2. The predicted molar refractivity (Wildman–Crippen MR) is 87.0 cm³/mol. The number of hydrogen-bond acceptors (Lipinski definition) is 4. The number of anilines is 1. The highest BCUT2D eigenvalue weighted by molar-refractivity contribution is 5.69. The molecule has 0 spiro atoms. The van der Waals surface area contributed by atoms with Gasteiger partial charge in [-0.2, -0.15) is 0 Å². The lowest BCUT2D eigenvalue weighted by Crippen LogP contribution is -2.23. The topological polar surface area (TPSA) is 55.6 Å². The summed E-state index contributed by atoms with van der Waals surface area (Å²) in [4.78, 5) is 13.5. The lowest BCUT2D eigenvalue weighted by atomic mass is 10.1. The van der Waals surface area contributed by atoms with Crippen molar-refractivity contribution in [1.29, 1.82) is 0 Å². The fourth-order valence-electron chi connectivity index (χ4n) is 2.31. The number of nitrogens with two attached hydrogens (primary N) is 1. The molecule has 21 heavy (non-hydrogen) atoms. The van der Waals surface area contributed by atoms with Crippen LogP contribution in [-0.2, 0) is 9.53 Å². The summed E-state index contributed by atoms with van der Waals surface area (Å²) < 4.78 is 4.92. The van der Waals surface area contributed by atoms with Gasteiger partial charge in [0.05, 0.1) is 6.61 Å². The highest BCUT2D eigenvalue weighted by atomic mass is 16.5. The van der Waals surface area contributed by atoms with Gasteiger partial charge in [0.15, 0.2) is 0 Å². The van der Waals surface area contributed by atoms with Gasteiger partial charge in [-0.3, -0.25) is 9.69 Å². The molecular weight excluding hydrogens is 264 g/mol. The summed E-state index contributed by atoms with van der Waals surface area (Å²) in [7, 11) is 2.12. The molecule has 0 bridgehead atoms. The maximum atomic E-state index is 11.2. The normalized spacial score (nSPS) is 12.4. The number of carbonyl (C=O) groups excluding carboxylic acids is 1. The van der Waals surface area contributed by atoms with Crippen molar-refractivity contribution >= 4 is 11.7 Å². The third kappa shape index (κ3) is 6.63. The number of nitrogen functional groups attached to an aromatic ring is 1. The fourth-order valence-corrected chi connectivity index (χ4v) is 2.31. The molecule has 1 aromatic carbocycles. The van der Waals surface area contributed by atoms with Crippen LogP contribution in [0.2, 0.25) is 0 Å². The molecule has 0 aliphatic heterocycles. The van der Waals surface area contributed by atoms with Crippen LogP contribution in [0, 0.1) is 0 Å². The molecule has 0 aromatic heterocycles. The Hall–Kier alpha value is -1.55. The van der Waals surface area contributed by atoms with Gasteiger partial charge in [0.25, 0.3) is 0 Å². The van der Waals surface area contributed by atoms with Crippen molar-refractivity contribution in [3.05, 3.63) is 29.8 Å². The number of ether oxygens (including phenoxy) is 1. The van der Waals surface area contributed by atoms with Crippen molar-refractivity contribution in [2.75, 3.05) is 25.9 Å². The minimum atomic E-state index is -0.0843. The van der Waals surface area contributed by atoms with E-state index in [-0.39, 0.29) is 5.97 Å². The van der Waals surface area contributed by atoms with Gasteiger partial charge in [0.2, 0.25) is 0 Å². The maximum Gasteiger partial charge on any atom is 0.305 e. The zero-order chi connectivity index (χ0) is 15.7. The Balaban J connectivity index is 2.24. The zero-order valence-electron chi connectivity index (χ0n) is 13.5. The van der Waals surface area contributed by atoms with E-state index in [4.69, 9.17) is 10.5 Å². The molecule has 4 heteroatoms. The van der Waals surface area contributed by atoms with Crippen LogP contribution in [0.25, 0.3) is 0 Å². The largest absolute Gasteiger partial charge is 0.466 e. The van der Waals surface area contributed by atoms with Gasteiger partial charge in [-0.05, 0) is 58.0 Å². The van der Waals surface area contributed by atoms with E-state index in [1.54, 1.807) is 0 Å². The second kappa shape index (κ2) is 9.40. The average Bonchev–Trinajstić information content (AvgIpc) is 2.46. The standard InChI is InChI=1S/C17H28N2O2/c1-4-21-17(20)11-6-5-7-12-19(3)14(2)15-9-8-10-16(18)13-15/h8-10,13-14H,4-7,11-12,18H2,1-3H3. The van der Waals surface area contributed by atoms with Gasteiger partial charge in [-0.1, -0.05) is 18.6 Å². The second-order valence-corrected chi connectivity index (χ2v) is 5.44. The Bertz CT molecular complexity index is 435. The van der Waals surface area contributed by atoms with Crippen LogP contribution < -0.4 is 5.73 Å². The van der Waals surface area contributed by atoms with Crippen molar-refractivity contribution < 1.29 is 9.53 Å². The molecule has 1 unspecified atom stereocenters. The Kier molecular flexibility index (Phi) is 7.83. The number of esters is 1. The number of hydrogen-bond donors (Lipinski definition) is 1. The molecule has 0 saturated heterocycles. The van der Waals surface area contributed by atoms with Crippen LogP contribution in [0.15, 0.2) is 24.3 Å². The molecule has 1 atom stereocenters. The first-order chi connectivity index (χ1) is 10.0. The van der Waals surface area contributed by atoms with E-state index >= 15 is 0 Å². The molecule has 0 radical (unpaired) electrons. The predicted octanol–water partition coefficient (Wildman–Crippen LogP) is 3.39. The maximum absolute atomic E-state index is 11.2. The minimum absolute atomic E-state index is 0.0843. The van der Waals surface area contributed by atoms with Gasteiger partial charge < -0.3 is 10.5 Å². The van der Waals surface area contributed by atoms with Crippen molar-refractivity contribution in [3.8, 4) is 0 Å². The highest BCUT2D eigenvalue weighted by Gasteiger charge is 2.11. The van der Waals surface area contributed by atoms with Crippen molar-refractivity contribution in [3.63, 3.8) is 0 Å². The van der Waals surface area contributed by atoms with E-state index in [1.165, 1.54) is 5.56 Å². The van der Waals surface area contributed by atoms with Gasteiger partial charge in [0, 0.05) is 18.2 Å². The van der Waals surface area contributed by atoms with E-state index < -0.39 is 0 Å². The monoisotopic (exact) mass is 292 g/mol. The van der Waals surface area contributed by atoms with E-state index in [1.807, 2.05) is 25.1 Å². The summed E-state index contributed by atoms with van der Waals surface area (Å²) in [5, 5.41) is 0. The summed E-state index contributed by atoms with van der Waals surface area (Å²) in [5.41, 5.74) is 7.87. The summed E-state index contributed by atoms with van der Waals surface area (Å²) >= 11 is 0. The molecule has 0 aliphatic rings. The quantitative estimate of drug-likeness (QED) is 0.430. The highest BCUT2D eigenvalue weighted by Crippen LogP contribution is 2.21. The van der Waals surface area contributed by atoms with Gasteiger partial charge in [0.1, 0.15) is 0 Å². The summed E-state index contributed by atoms with van der Waals surface area (Å²) in [5.74, 6) is -0.0843. The van der Waals surface area contributed by atoms with E-state index in [9.17, 15) is 4.79 Å². The van der Waals surface area contributed by atoms with E-state index in [0.29, 0.717) is 19.1 Å². The lowest BCUT2D eigenvalue weighted by Gasteiger charge is -2.25. The number of rotatable bonds is 9. The smallest absolute Gasteiger partial charge is 0.305 e. The van der Waals surface area contributed by atoms with Crippen LogP contribution in [-0.4, -0.2) is 31.1 Å². The van der Waals surface area contributed by atoms with Gasteiger partial charge >= 0.3 is 5.97 Å². The van der Waals surface area contributed by atoms with Crippen molar-refractivity contribution in [1.82, 2.24) is 4.90 Å². The Labute approximate surface area is 128 Å². The van der Waals surface area contributed by atoms with E-state index in [2.05, 4.69) is 24.9 Å². The number of benzene rings is 1. The average molecular weight is 292 g/mol. The molecule has 0 saturated carbocycles. The first-order valence-electron chi connectivity index (χ1n) is 7.76. The summed E-state index contributed by atoms with van der Waals surface area (Å²) in [6, 6.07) is 8.39. The molecule has 0 heterocycles. The molecule has 0 aliphatic carbocycles. The minimum Gasteiger partial charge on any atom is -0.466 e. The summed E-state index contributed by atoms with van der Waals surface area (Å²) in [6.45, 7) is 5.51. The lowest BCUT2D eigenvalue weighted by molar-refractivity contribution is -0.143. The van der Waals surface area contributed by atoms with Gasteiger partial charge in [-0.15, -0.1) is 0 Å². The summed E-state index contributed by atoms with van der Waals surface area (Å²) in [6.07, 6.45) is 3.57. The first kappa shape index (κ1) is 17.5. The second-order valence-electron chi connectivity index (χ2n) is 5.44. The number of nitrogens with zero attached hydrogens (tertiary/aromatic N) is 1. The van der Waals surface area contributed by atoms with Crippen molar-refractivity contribution in [2.45, 2.75) is 45.6 Å². The SMILES string of the molecule is CCOC(=O)CCCCCN(C)C(C)c1cccc(N)c1. The Morgan fingerprint density at radius 1 is 1.33 bits per heavy atom. The van der Waals surface area contributed by atoms with Gasteiger partial charge in [-0.25, -0.2) is 0 Å². The third-order valence-corrected chi connectivity index (χ3v) is 3.75. The third-order valence-electron chi connectivity index (χ3n) is 3.75. The molecule has 0 fully saturated rings. The zero-order valence-corrected chi connectivity index (χ0v) is 13.5. The number of carbonyl (C=O) groups is 1.